The summed E-state index contributed by atoms with van der Waals surface area (Å²) >= 11 is 0. The van der Waals surface area contributed by atoms with Crippen LogP contribution in [0.4, 0.5) is 4.39 Å². The van der Waals surface area contributed by atoms with Crippen LogP contribution in [0.25, 0.3) is 0 Å². The summed E-state index contributed by atoms with van der Waals surface area (Å²) in [6, 6.07) is 5.75. The molecule has 144 valence electrons. The Bertz CT molecular complexity index is 566. The number of hydrogen-bond acceptors (Lipinski definition) is 1. The standard InChI is InChI=1S/C24H35FO/c1-3-15-26-17-19-7-14-23(24(25)16-19)22-12-10-21(11-13-22)20-8-5-18(4-2)6-9-20/h4,7,14,16,18,20-22H,2-3,5-6,8-13,15,17H2,1H3/t18-,20-,21?,22?. The predicted octanol–water partition coefficient (Wildman–Crippen LogP) is 7.02. The van der Waals surface area contributed by atoms with Crippen LogP contribution in [0.5, 0.6) is 0 Å². The molecule has 0 saturated heterocycles. The average Bonchev–Trinajstić information content (AvgIpc) is 2.69. The van der Waals surface area contributed by atoms with Crippen molar-refractivity contribution in [3.8, 4) is 0 Å². The van der Waals surface area contributed by atoms with Crippen molar-refractivity contribution in [2.75, 3.05) is 6.61 Å². The quantitative estimate of drug-likeness (QED) is 0.376. The topological polar surface area (TPSA) is 9.23 Å². The third-order valence-electron chi connectivity index (χ3n) is 6.71. The number of allylic oxidation sites excluding steroid dienone is 1. The van der Waals surface area contributed by atoms with Crippen LogP contribution in [-0.2, 0) is 11.3 Å². The summed E-state index contributed by atoms with van der Waals surface area (Å²) in [5, 5.41) is 0. The van der Waals surface area contributed by atoms with E-state index < -0.39 is 0 Å². The lowest BCUT2D eigenvalue weighted by Gasteiger charge is -2.37. The second-order valence-electron chi connectivity index (χ2n) is 8.43. The van der Waals surface area contributed by atoms with Gasteiger partial charge in [-0.3, -0.25) is 0 Å². The Morgan fingerprint density at radius 3 is 2.27 bits per heavy atom. The van der Waals surface area contributed by atoms with Crippen molar-refractivity contribution in [2.45, 2.75) is 77.2 Å². The molecule has 0 aliphatic heterocycles. The van der Waals surface area contributed by atoms with Crippen LogP contribution >= 0.6 is 0 Å². The number of benzene rings is 1. The summed E-state index contributed by atoms with van der Waals surface area (Å²) in [7, 11) is 0. The van der Waals surface area contributed by atoms with Gasteiger partial charge in [0.05, 0.1) is 6.61 Å². The number of rotatable bonds is 7. The molecule has 2 aliphatic carbocycles. The third kappa shape index (κ3) is 4.97. The summed E-state index contributed by atoms with van der Waals surface area (Å²) in [5.41, 5.74) is 1.88. The molecular formula is C24H35FO. The molecular weight excluding hydrogens is 323 g/mol. The SMILES string of the molecule is C=C[C@H]1CC[C@H](C2CCC(c3ccc(COCCC)cc3F)CC2)CC1. The Balaban J connectivity index is 1.51. The molecule has 2 saturated carbocycles. The molecule has 1 nitrogen and oxygen atoms in total. The van der Waals surface area contributed by atoms with E-state index in [2.05, 4.69) is 25.6 Å². The molecule has 2 fully saturated rings. The van der Waals surface area contributed by atoms with Gasteiger partial charge in [0.15, 0.2) is 0 Å². The van der Waals surface area contributed by atoms with Crippen molar-refractivity contribution in [1.29, 1.82) is 0 Å². The molecule has 0 amide bonds. The zero-order valence-electron chi connectivity index (χ0n) is 16.4. The van der Waals surface area contributed by atoms with E-state index >= 15 is 0 Å². The molecule has 0 atom stereocenters. The highest BCUT2D eigenvalue weighted by atomic mass is 19.1. The first-order valence-electron chi connectivity index (χ1n) is 10.7. The van der Waals surface area contributed by atoms with E-state index in [1.807, 2.05) is 6.07 Å². The molecule has 2 heteroatoms. The highest BCUT2D eigenvalue weighted by Crippen LogP contribution is 2.44. The van der Waals surface area contributed by atoms with Gasteiger partial charge in [0.25, 0.3) is 0 Å². The molecule has 0 N–H and O–H groups in total. The zero-order chi connectivity index (χ0) is 18.4. The molecule has 0 aromatic heterocycles. The summed E-state index contributed by atoms with van der Waals surface area (Å²) < 4.78 is 20.1. The molecule has 3 rings (SSSR count). The summed E-state index contributed by atoms with van der Waals surface area (Å²) in [6.45, 7) is 7.30. The minimum Gasteiger partial charge on any atom is -0.377 e. The van der Waals surface area contributed by atoms with Crippen molar-refractivity contribution in [3.63, 3.8) is 0 Å². The number of hydrogen-bond donors (Lipinski definition) is 0. The fraction of sp³-hybridized carbons (Fsp3) is 0.667. The Hall–Kier alpha value is -1.15. The largest absolute Gasteiger partial charge is 0.377 e. The van der Waals surface area contributed by atoms with Crippen molar-refractivity contribution >= 4 is 0 Å². The third-order valence-corrected chi connectivity index (χ3v) is 6.71. The van der Waals surface area contributed by atoms with E-state index in [1.54, 1.807) is 6.07 Å². The van der Waals surface area contributed by atoms with Crippen molar-refractivity contribution in [3.05, 3.63) is 47.8 Å². The molecule has 1 aromatic rings. The molecule has 1 aromatic carbocycles. The van der Waals surface area contributed by atoms with Crippen LogP contribution in [0.3, 0.4) is 0 Å². The van der Waals surface area contributed by atoms with Gasteiger partial charge in [0.1, 0.15) is 5.82 Å². The Labute approximate surface area is 159 Å². The van der Waals surface area contributed by atoms with Crippen molar-refractivity contribution in [1.82, 2.24) is 0 Å². The fourth-order valence-corrected chi connectivity index (χ4v) is 5.08. The lowest BCUT2D eigenvalue weighted by Crippen LogP contribution is -2.25. The lowest BCUT2D eigenvalue weighted by atomic mass is 9.68. The highest BCUT2D eigenvalue weighted by Gasteiger charge is 2.31. The van der Waals surface area contributed by atoms with E-state index in [9.17, 15) is 4.39 Å². The smallest absolute Gasteiger partial charge is 0.127 e. The van der Waals surface area contributed by atoms with Gasteiger partial charge in [0.2, 0.25) is 0 Å². The number of ether oxygens (including phenoxy) is 1. The lowest BCUT2D eigenvalue weighted by molar-refractivity contribution is 0.121. The van der Waals surface area contributed by atoms with Gasteiger partial charge in [-0.1, -0.05) is 25.1 Å². The van der Waals surface area contributed by atoms with Gasteiger partial charge in [-0.2, -0.15) is 0 Å². The van der Waals surface area contributed by atoms with Crippen LogP contribution < -0.4 is 0 Å². The molecule has 26 heavy (non-hydrogen) atoms. The predicted molar refractivity (Wildman–Crippen MR) is 107 cm³/mol. The van der Waals surface area contributed by atoms with Crippen LogP contribution in [0.1, 0.15) is 81.8 Å². The van der Waals surface area contributed by atoms with Crippen molar-refractivity contribution in [2.24, 2.45) is 17.8 Å². The maximum atomic E-state index is 14.6. The molecule has 0 bridgehead atoms. The van der Waals surface area contributed by atoms with Crippen LogP contribution in [0.2, 0.25) is 0 Å². The zero-order valence-corrected chi connectivity index (χ0v) is 16.4. The van der Waals surface area contributed by atoms with E-state index in [0.29, 0.717) is 12.5 Å². The van der Waals surface area contributed by atoms with Crippen LogP contribution in [0, 0.1) is 23.6 Å². The highest BCUT2D eigenvalue weighted by molar-refractivity contribution is 5.27. The molecule has 2 aliphatic rings. The monoisotopic (exact) mass is 358 g/mol. The van der Waals surface area contributed by atoms with Gasteiger partial charge in [-0.25, -0.2) is 4.39 Å². The van der Waals surface area contributed by atoms with Gasteiger partial charge >= 0.3 is 0 Å². The molecule has 0 heterocycles. The minimum atomic E-state index is -0.0301. The summed E-state index contributed by atoms with van der Waals surface area (Å²) in [4.78, 5) is 0. The first kappa shape index (κ1) is 19.6. The summed E-state index contributed by atoms with van der Waals surface area (Å²) in [5.74, 6) is 2.88. The van der Waals surface area contributed by atoms with Gasteiger partial charge < -0.3 is 4.74 Å². The van der Waals surface area contributed by atoms with E-state index in [1.165, 1.54) is 38.5 Å². The van der Waals surface area contributed by atoms with E-state index in [-0.39, 0.29) is 5.82 Å². The van der Waals surface area contributed by atoms with Gasteiger partial charge in [0, 0.05) is 6.61 Å². The van der Waals surface area contributed by atoms with E-state index in [4.69, 9.17) is 4.74 Å². The first-order chi connectivity index (χ1) is 12.7. The van der Waals surface area contributed by atoms with E-state index in [0.717, 1.165) is 54.7 Å². The maximum absolute atomic E-state index is 14.6. The molecule has 0 radical (unpaired) electrons. The minimum absolute atomic E-state index is 0.0301. The normalized spacial score (nSPS) is 29.5. The number of halogens is 1. The maximum Gasteiger partial charge on any atom is 0.127 e. The average molecular weight is 359 g/mol. The van der Waals surface area contributed by atoms with Gasteiger partial charge in [-0.15, -0.1) is 6.58 Å². The second-order valence-corrected chi connectivity index (χ2v) is 8.43. The van der Waals surface area contributed by atoms with Crippen LogP contribution in [-0.4, -0.2) is 6.61 Å². The first-order valence-corrected chi connectivity index (χ1v) is 10.7. The second kappa shape index (κ2) is 9.69. The summed E-state index contributed by atoms with van der Waals surface area (Å²) in [6.07, 6.45) is 13.4. The molecule has 0 spiro atoms. The van der Waals surface area contributed by atoms with Crippen LogP contribution in [0.15, 0.2) is 30.9 Å². The van der Waals surface area contributed by atoms with Crippen molar-refractivity contribution < 1.29 is 9.13 Å². The van der Waals surface area contributed by atoms with Gasteiger partial charge in [-0.05, 0) is 98.7 Å². The Morgan fingerprint density at radius 2 is 1.69 bits per heavy atom. The molecule has 0 unspecified atom stereocenters. The Kier molecular flexibility index (Phi) is 7.31. The Morgan fingerprint density at radius 1 is 1.04 bits per heavy atom. The fourth-order valence-electron chi connectivity index (χ4n) is 5.08.